The van der Waals surface area contributed by atoms with Gasteiger partial charge in [0, 0.05) is 21.2 Å². The lowest BCUT2D eigenvalue weighted by molar-refractivity contribution is 0.0952. The number of carbonyl (C=O) groups is 1. The molecule has 0 heterocycles. The summed E-state index contributed by atoms with van der Waals surface area (Å²) in [6.45, 7) is 0.246. The molecule has 0 bridgehead atoms. The normalized spacial score (nSPS) is 11.2. The SMILES string of the molecule is COc1cc2ccccc2cc1C(=O)N/N=C\c1c(OCc2ccc(Cl)cc2Cl)ccc2ccccc12. The standard InChI is InChI=1S/C30H22Cl2N2O3/c1-36-29-15-21-8-3-2-7-20(21)14-25(29)30(35)34-33-17-26-24-9-5-4-6-19(24)11-13-28(26)37-18-22-10-12-23(31)16-27(22)32/h2-17H,18H2,1H3,(H,34,35)/b33-17-. The van der Waals surface area contributed by atoms with Gasteiger partial charge in [0.1, 0.15) is 18.1 Å². The van der Waals surface area contributed by atoms with Gasteiger partial charge < -0.3 is 9.47 Å². The first-order chi connectivity index (χ1) is 18.0. The molecule has 0 atom stereocenters. The molecule has 0 spiro atoms. The highest BCUT2D eigenvalue weighted by Crippen LogP contribution is 2.29. The van der Waals surface area contributed by atoms with Crippen LogP contribution in [0.2, 0.25) is 10.0 Å². The number of hydrazone groups is 1. The van der Waals surface area contributed by atoms with E-state index in [1.807, 2.05) is 72.8 Å². The molecule has 0 saturated heterocycles. The zero-order valence-electron chi connectivity index (χ0n) is 19.9. The first-order valence-electron chi connectivity index (χ1n) is 11.5. The van der Waals surface area contributed by atoms with Crippen molar-refractivity contribution in [3.63, 3.8) is 0 Å². The van der Waals surface area contributed by atoms with Crippen LogP contribution in [0, 0.1) is 0 Å². The number of hydrogen-bond donors (Lipinski definition) is 1. The van der Waals surface area contributed by atoms with Crippen molar-refractivity contribution in [1.29, 1.82) is 0 Å². The Balaban J connectivity index is 1.42. The van der Waals surface area contributed by atoms with E-state index in [0.717, 1.165) is 32.7 Å². The van der Waals surface area contributed by atoms with Crippen LogP contribution < -0.4 is 14.9 Å². The molecule has 0 aliphatic heterocycles. The van der Waals surface area contributed by atoms with Crippen LogP contribution in [0.25, 0.3) is 21.5 Å². The molecule has 5 nitrogen and oxygen atoms in total. The van der Waals surface area contributed by atoms with Gasteiger partial charge in [-0.05, 0) is 51.9 Å². The molecule has 1 amide bonds. The van der Waals surface area contributed by atoms with Gasteiger partial charge in [-0.1, -0.05) is 83.9 Å². The second-order valence-corrected chi connectivity index (χ2v) is 9.17. The monoisotopic (exact) mass is 528 g/mol. The molecule has 0 aliphatic carbocycles. The molecule has 5 rings (SSSR count). The maximum absolute atomic E-state index is 13.0. The van der Waals surface area contributed by atoms with Crippen molar-refractivity contribution in [3.05, 3.63) is 118 Å². The second-order valence-electron chi connectivity index (χ2n) is 8.32. The van der Waals surface area contributed by atoms with E-state index < -0.39 is 0 Å². The van der Waals surface area contributed by atoms with Crippen molar-refractivity contribution in [3.8, 4) is 11.5 Å². The Kier molecular flexibility index (Phi) is 7.26. The number of carbonyl (C=O) groups excluding carboxylic acids is 1. The molecule has 5 aromatic rings. The average molecular weight is 529 g/mol. The van der Waals surface area contributed by atoms with E-state index in [2.05, 4.69) is 10.5 Å². The summed E-state index contributed by atoms with van der Waals surface area (Å²) in [4.78, 5) is 13.0. The van der Waals surface area contributed by atoms with Crippen molar-refractivity contribution < 1.29 is 14.3 Å². The molecule has 1 N–H and O–H groups in total. The van der Waals surface area contributed by atoms with Crippen LogP contribution in [0.1, 0.15) is 21.5 Å². The summed E-state index contributed by atoms with van der Waals surface area (Å²) >= 11 is 12.3. The van der Waals surface area contributed by atoms with Crippen LogP contribution in [0.5, 0.6) is 11.5 Å². The smallest absolute Gasteiger partial charge is 0.275 e. The summed E-state index contributed by atoms with van der Waals surface area (Å²) < 4.78 is 11.6. The number of ether oxygens (including phenoxy) is 2. The number of hydrogen-bond acceptors (Lipinski definition) is 4. The Hall–Kier alpha value is -4.06. The van der Waals surface area contributed by atoms with E-state index in [0.29, 0.717) is 27.1 Å². The zero-order chi connectivity index (χ0) is 25.8. The van der Waals surface area contributed by atoms with E-state index in [4.69, 9.17) is 32.7 Å². The number of nitrogens with zero attached hydrogens (tertiary/aromatic N) is 1. The Bertz CT molecular complexity index is 1650. The fourth-order valence-corrected chi connectivity index (χ4v) is 4.57. The van der Waals surface area contributed by atoms with Crippen LogP contribution in [-0.2, 0) is 6.61 Å². The van der Waals surface area contributed by atoms with E-state index in [-0.39, 0.29) is 12.5 Å². The van der Waals surface area contributed by atoms with Gasteiger partial charge in [-0.3, -0.25) is 4.79 Å². The van der Waals surface area contributed by atoms with Gasteiger partial charge in [-0.25, -0.2) is 5.43 Å². The number of halogens is 2. The lowest BCUT2D eigenvalue weighted by Gasteiger charge is -2.13. The van der Waals surface area contributed by atoms with Crippen molar-refractivity contribution in [2.24, 2.45) is 5.10 Å². The maximum atomic E-state index is 13.0. The summed E-state index contributed by atoms with van der Waals surface area (Å²) in [5.74, 6) is 0.695. The third-order valence-electron chi connectivity index (χ3n) is 6.00. The van der Waals surface area contributed by atoms with E-state index in [1.165, 1.54) is 7.11 Å². The minimum Gasteiger partial charge on any atom is -0.496 e. The summed E-state index contributed by atoms with van der Waals surface area (Å²) in [5, 5.41) is 9.22. The first kappa shape index (κ1) is 24.6. The van der Waals surface area contributed by atoms with Crippen molar-refractivity contribution in [2.45, 2.75) is 6.61 Å². The molecule has 0 saturated carbocycles. The van der Waals surface area contributed by atoms with E-state index in [9.17, 15) is 4.79 Å². The lowest BCUT2D eigenvalue weighted by Crippen LogP contribution is -2.18. The van der Waals surface area contributed by atoms with Gasteiger partial charge in [0.25, 0.3) is 5.91 Å². The summed E-state index contributed by atoms with van der Waals surface area (Å²) in [7, 11) is 1.54. The predicted molar refractivity (Wildman–Crippen MR) is 150 cm³/mol. The van der Waals surface area contributed by atoms with Gasteiger partial charge in [0.2, 0.25) is 0 Å². The molecular weight excluding hydrogens is 507 g/mol. The zero-order valence-corrected chi connectivity index (χ0v) is 21.4. The summed E-state index contributed by atoms with van der Waals surface area (Å²) in [5.41, 5.74) is 4.56. The average Bonchev–Trinajstić information content (AvgIpc) is 2.92. The third kappa shape index (κ3) is 5.38. The van der Waals surface area contributed by atoms with Gasteiger partial charge in [-0.15, -0.1) is 0 Å². The third-order valence-corrected chi connectivity index (χ3v) is 6.59. The molecule has 37 heavy (non-hydrogen) atoms. The number of fused-ring (bicyclic) bond motifs is 2. The molecule has 184 valence electrons. The van der Waals surface area contributed by atoms with Crippen molar-refractivity contribution >= 4 is 56.9 Å². The van der Waals surface area contributed by atoms with Crippen LogP contribution in [0.3, 0.4) is 0 Å². The van der Waals surface area contributed by atoms with Gasteiger partial charge >= 0.3 is 0 Å². The van der Waals surface area contributed by atoms with Crippen molar-refractivity contribution in [2.75, 3.05) is 7.11 Å². The molecule has 7 heteroatoms. The number of nitrogens with one attached hydrogen (secondary N) is 1. The quantitative estimate of drug-likeness (QED) is 0.174. The highest BCUT2D eigenvalue weighted by Gasteiger charge is 2.14. The van der Waals surface area contributed by atoms with E-state index in [1.54, 1.807) is 24.4 Å². The lowest BCUT2D eigenvalue weighted by atomic mass is 10.0. The topological polar surface area (TPSA) is 59.9 Å². The fourth-order valence-electron chi connectivity index (χ4n) is 4.11. The number of amides is 1. The fraction of sp³-hybridized carbons (Fsp3) is 0.0667. The Morgan fingerprint density at radius 1 is 0.865 bits per heavy atom. The van der Waals surface area contributed by atoms with Crippen LogP contribution in [-0.4, -0.2) is 19.2 Å². The maximum Gasteiger partial charge on any atom is 0.275 e. The molecule has 0 aromatic heterocycles. The van der Waals surface area contributed by atoms with Gasteiger partial charge in [0.15, 0.2) is 0 Å². The molecule has 0 unspecified atom stereocenters. The molecule has 0 radical (unpaired) electrons. The Morgan fingerprint density at radius 2 is 1.59 bits per heavy atom. The Labute approximate surface area is 224 Å². The number of rotatable bonds is 7. The predicted octanol–water partition coefficient (Wildman–Crippen LogP) is 7.65. The highest BCUT2D eigenvalue weighted by molar-refractivity contribution is 6.35. The highest BCUT2D eigenvalue weighted by atomic mass is 35.5. The van der Waals surface area contributed by atoms with Gasteiger partial charge in [0.05, 0.1) is 18.9 Å². The van der Waals surface area contributed by atoms with Crippen LogP contribution >= 0.6 is 23.2 Å². The van der Waals surface area contributed by atoms with Crippen molar-refractivity contribution in [1.82, 2.24) is 5.43 Å². The largest absolute Gasteiger partial charge is 0.496 e. The summed E-state index contributed by atoms with van der Waals surface area (Å²) in [6, 6.07) is 28.4. The molecule has 0 aliphatic rings. The first-order valence-corrected chi connectivity index (χ1v) is 12.3. The molecular formula is C30H22Cl2N2O3. The van der Waals surface area contributed by atoms with E-state index >= 15 is 0 Å². The Morgan fingerprint density at radius 3 is 2.35 bits per heavy atom. The number of benzene rings is 5. The van der Waals surface area contributed by atoms with Crippen LogP contribution in [0.4, 0.5) is 0 Å². The minimum absolute atomic E-state index is 0.246. The molecule has 0 fully saturated rings. The number of methoxy groups -OCH3 is 1. The van der Waals surface area contributed by atoms with Crippen LogP contribution in [0.15, 0.2) is 96.1 Å². The second kappa shape index (κ2) is 10.9. The molecule has 5 aromatic carbocycles. The minimum atomic E-state index is -0.380. The summed E-state index contributed by atoms with van der Waals surface area (Å²) in [6.07, 6.45) is 1.59. The van der Waals surface area contributed by atoms with Gasteiger partial charge in [-0.2, -0.15) is 5.10 Å².